The fourth-order valence-corrected chi connectivity index (χ4v) is 3.11. The van der Waals surface area contributed by atoms with Crippen molar-refractivity contribution in [2.24, 2.45) is 5.73 Å². The molecular formula is C18H23NS. The minimum Gasteiger partial charge on any atom is -0.327 e. The summed E-state index contributed by atoms with van der Waals surface area (Å²) < 4.78 is 0. The van der Waals surface area contributed by atoms with Gasteiger partial charge in [-0.15, -0.1) is 11.8 Å². The molecule has 2 aromatic carbocycles. The minimum atomic E-state index is 0.275. The second kappa shape index (κ2) is 7.51. The SMILES string of the molecule is CCC(N)Cc1ccc(SCc2ccccc2)cc1C. The number of nitrogens with two attached hydrogens (primary N) is 1. The van der Waals surface area contributed by atoms with Crippen LogP contribution in [-0.4, -0.2) is 6.04 Å². The van der Waals surface area contributed by atoms with Gasteiger partial charge in [0.1, 0.15) is 0 Å². The highest BCUT2D eigenvalue weighted by molar-refractivity contribution is 7.98. The van der Waals surface area contributed by atoms with Gasteiger partial charge in [-0.1, -0.05) is 43.3 Å². The van der Waals surface area contributed by atoms with E-state index < -0.39 is 0 Å². The first-order valence-electron chi connectivity index (χ1n) is 7.21. The first kappa shape index (κ1) is 15.1. The predicted octanol–water partition coefficient (Wildman–Crippen LogP) is 4.57. The summed E-state index contributed by atoms with van der Waals surface area (Å²) in [6, 6.07) is 17.6. The van der Waals surface area contributed by atoms with E-state index in [9.17, 15) is 0 Å². The van der Waals surface area contributed by atoms with Crippen molar-refractivity contribution < 1.29 is 0 Å². The number of hydrogen-bond donors (Lipinski definition) is 1. The lowest BCUT2D eigenvalue weighted by Gasteiger charge is -2.12. The van der Waals surface area contributed by atoms with Crippen LogP contribution in [0.15, 0.2) is 53.4 Å². The molecule has 0 amide bonds. The quantitative estimate of drug-likeness (QED) is 0.787. The van der Waals surface area contributed by atoms with Crippen molar-refractivity contribution in [3.8, 4) is 0 Å². The number of benzene rings is 2. The van der Waals surface area contributed by atoms with Gasteiger partial charge in [0.05, 0.1) is 0 Å². The van der Waals surface area contributed by atoms with E-state index in [4.69, 9.17) is 5.73 Å². The van der Waals surface area contributed by atoms with Crippen LogP contribution in [0.3, 0.4) is 0 Å². The predicted molar refractivity (Wildman–Crippen MR) is 89.2 cm³/mol. The lowest BCUT2D eigenvalue weighted by Crippen LogP contribution is -2.21. The molecule has 2 N–H and O–H groups in total. The van der Waals surface area contributed by atoms with Crippen LogP contribution in [0.4, 0.5) is 0 Å². The van der Waals surface area contributed by atoms with Gasteiger partial charge in [0.25, 0.3) is 0 Å². The van der Waals surface area contributed by atoms with Gasteiger partial charge in [0.2, 0.25) is 0 Å². The van der Waals surface area contributed by atoms with E-state index in [1.54, 1.807) is 0 Å². The minimum absolute atomic E-state index is 0.275. The van der Waals surface area contributed by atoms with Crippen molar-refractivity contribution in [2.45, 2.75) is 43.4 Å². The number of hydrogen-bond acceptors (Lipinski definition) is 2. The van der Waals surface area contributed by atoms with E-state index in [0.717, 1.165) is 18.6 Å². The topological polar surface area (TPSA) is 26.0 Å². The lowest BCUT2D eigenvalue weighted by atomic mass is 10.0. The van der Waals surface area contributed by atoms with E-state index in [2.05, 4.69) is 62.4 Å². The zero-order chi connectivity index (χ0) is 14.4. The van der Waals surface area contributed by atoms with E-state index in [1.165, 1.54) is 21.6 Å². The standard InChI is InChI=1S/C18H23NS/c1-3-17(19)12-16-9-10-18(11-14(16)2)20-13-15-7-5-4-6-8-15/h4-11,17H,3,12-13,19H2,1-2H3. The molecule has 2 aromatic rings. The molecule has 0 aliphatic rings. The molecule has 0 fully saturated rings. The molecule has 2 rings (SSSR count). The fourth-order valence-electron chi connectivity index (χ4n) is 2.15. The fraction of sp³-hybridized carbons (Fsp3) is 0.333. The van der Waals surface area contributed by atoms with Crippen LogP contribution in [0.5, 0.6) is 0 Å². The van der Waals surface area contributed by atoms with Crippen LogP contribution in [-0.2, 0) is 12.2 Å². The van der Waals surface area contributed by atoms with E-state index in [1.807, 2.05) is 11.8 Å². The third-order valence-corrected chi connectivity index (χ3v) is 4.63. The number of rotatable bonds is 6. The molecular weight excluding hydrogens is 262 g/mol. The monoisotopic (exact) mass is 285 g/mol. The Hall–Kier alpha value is -1.25. The largest absolute Gasteiger partial charge is 0.327 e. The molecule has 0 saturated heterocycles. The highest BCUT2D eigenvalue weighted by Gasteiger charge is 2.05. The average Bonchev–Trinajstić information content (AvgIpc) is 2.48. The Bertz CT molecular complexity index is 536. The Kier molecular flexibility index (Phi) is 5.69. The average molecular weight is 285 g/mol. The molecule has 0 heterocycles. The van der Waals surface area contributed by atoms with Crippen LogP contribution in [0.2, 0.25) is 0 Å². The Morgan fingerprint density at radius 3 is 2.50 bits per heavy atom. The summed E-state index contributed by atoms with van der Waals surface area (Å²) in [5.74, 6) is 1.02. The van der Waals surface area contributed by atoms with Crippen molar-refractivity contribution >= 4 is 11.8 Å². The second-order valence-electron chi connectivity index (χ2n) is 5.24. The van der Waals surface area contributed by atoms with Crippen LogP contribution < -0.4 is 5.73 Å². The van der Waals surface area contributed by atoms with Crippen LogP contribution in [0.25, 0.3) is 0 Å². The smallest absolute Gasteiger partial charge is 0.0231 e. The molecule has 1 atom stereocenters. The molecule has 0 aliphatic heterocycles. The van der Waals surface area contributed by atoms with Gasteiger partial charge in [-0.25, -0.2) is 0 Å². The van der Waals surface area contributed by atoms with Crippen LogP contribution in [0.1, 0.15) is 30.0 Å². The maximum absolute atomic E-state index is 6.04. The molecule has 1 unspecified atom stereocenters. The second-order valence-corrected chi connectivity index (χ2v) is 6.28. The Morgan fingerprint density at radius 2 is 1.85 bits per heavy atom. The summed E-state index contributed by atoms with van der Waals surface area (Å²) in [5.41, 5.74) is 10.1. The van der Waals surface area contributed by atoms with Gasteiger partial charge in [-0.2, -0.15) is 0 Å². The van der Waals surface area contributed by atoms with Crippen molar-refractivity contribution in [2.75, 3.05) is 0 Å². The Balaban J connectivity index is 1.98. The van der Waals surface area contributed by atoms with Crippen molar-refractivity contribution in [1.82, 2.24) is 0 Å². The first-order chi connectivity index (χ1) is 9.69. The van der Waals surface area contributed by atoms with Gasteiger partial charge >= 0.3 is 0 Å². The molecule has 0 radical (unpaired) electrons. The van der Waals surface area contributed by atoms with Crippen LogP contribution >= 0.6 is 11.8 Å². The molecule has 2 heteroatoms. The molecule has 0 aliphatic carbocycles. The lowest BCUT2D eigenvalue weighted by molar-refractivity contribution is 0.644. The Morgan fingerprint density at radius 1 is 1.10 bits per heavy atom. The summed E-state index contributed by atoms with van der Waals surface area (Å²) in [6.45, 7) is 4.33. The third-order valence-electron chi connectivity index (χ3n) is 3.57. The first-order valence-corrected chi connectivity index (χ1v) is 8.19. The highest BCUT2D eigenvalue weighted by Crippen LogP contribution is 2.25. The van der Waals surface area contributed by atoms with Gasteiger partial charge in [0.15, 0.2) is 0 Å². The van der Waals surface area contributed by atoms with Gasteiger partial charge < -0.3 is 5.73 Å². The summed E-state index contributed by atoms with van der Waals surface area (Å²) in [6.07, 6.45) is 2.01. The van der Waals surface area contributed by atoms with Crippen molar-refractivity contribution in [1.29, 1.82) is 0 Å². The molecule has 0 aromatic heterocycles. The number of aryl methyl sites for hydroxylation is 1. The Labute approximate surface area is 126 Å². The molecule has 0 saturated carbocycles. The zero-order valence-corrected chi connectivity index (χ0v) is 13.1. The number of thioether (sulfide) groups is 1. The molecule has 0 bridgehead atoms. The van der Waals surface area contributed by atoms with Crippen LogP contribution in [0, 0.1) is 6.92 Å². The zero-order valence-electron chi connectivity index (χ0n) is 12.3. The summed E-state index contributed by atoms with van der Waals surface area (Å²) in [7, 11) is 0. The van der Waals surface area contributed by atoms with E-state index in [-0.39, 0.29) is 6.04 Å². The summed E-state index contributed by atoms with van der Waals surface area (Å²) >= 11 is 1.89. The van der Waals surface area contributed by atoms with E-state index in [0.29, 0.717) is 0 Å². The molecule has 1 nitrogen and oxygen atoms in total. The summed E-state index contributed by atoms with van der Waals surface area (Å²) in [5, 5.41) is 0. The van der Waals surface area contributed by atoms with Crippen molar-refractivity contribution in [3.63, 3.8) is 0 Å². The summed E-state index contributed by atoms with van der Waals surface area (Å²) in [4.78, 5) is 1.33. The third kappa shape index (κ3) is 4.39. The maximum Gasteiger partial charge on any atom is 0.0231 e. The van der Waals surface area contributed by atoms with Gasteiger partial charge in [0, 0.05) is 16.7 Å². The maximum atomic E-state index is 6.04. The molecule has 106 valence electrons. The normalized spacial score (nSPS) is 12.3. The van der Waals surface area contributed by atoms with Crippen molar-refractivity contribution in [3.05, 3.63) is 65.2 Å². The van der Waals surface area contributed by atoms with E-state index >= 15 is 0 Å². The van der Waals surface area contributed by atoms with Gasteiger partial charge in [-0.05, 0) is 48.6 Å². The van der Waals surface area contributed by atoms with Gasteiger partial charge in [-0.3, -0.25) is 0 Å². The molecule has 0 spiro atoms. The molecule has 20 heavy (non-hydrogen) atoms. The highest BCUT2D eigenvalue weighted by atomic mass is 32.2.